The second kappa shape index (κ2) is 8.36. The lowest BCUT2D eigenvalue weighted by Crippen LogP contribution is -2.24. The predicted molar refractivity (Wildman–Crippen MR) is 93.9 cm³/mol. The molecule has 0 heterocycles. The zero-order chi connectivity index (χ0) is 21.9. The molecule has 1 amide bonds. The molecule has 1 aliphatic carbocycles. The topological polar surface area (TPSA) is 64.6 Å². The van der Waals surface area contributed by atoms with Crippen LogP contribution in [0.5, 0.6) is 17.2 Å². The minimum atomic E-state index is -5.01. The summed E-state index contributed by atoms with van der Waals surface area (Å²) in [5.74, 6) is -4.67. The number of allylic oxidation sites excluding steroid dienone is 3. The zero-order valence-electron chi connectivity index (χ0n) is 14.9. The first kappa shape index (κ1) is 21.0. The molecule has 0 spiro atoms. The Kier molecular flexibility index (Phi) is 5.86. The quantitative estimate of drug-likeness (QED) is 0.700. The molecule has 1 aliphatic rings. The predicted octanol–water partition coefficient (Wildman–Crippen LogP) is 4.80. The van der Waals surface area contributed by atoms with E-state index >= 15 is 0 Å². The van der Waals surface area contributed by atoms with Crippen molar-refractivity contribution in [3.8, 4) is 17.2 Å². The Bertz CT molecular complexity index is 1060. The van der Waals surface area contributed by atoms with Crippen LogP contribution < -0.4 is 14.8 Å². The van der Waals surface area contributed by atoms with Gasteiger partial charge in [0.1, 0.15) is 17.3 Å². The number of halogens is 5. The van der Waals surface area contributed by atoms with E-state index in [1.807, 2.05) is 0 Å². The van der Waals surface area contributed by atoms with Gasteiger partial charge in [0, 0.05) is 24.3 Å². The highest BCUT2D eigenvalue weighted by Gasteiger charge is 2.32. The van der Waals surface area contributed by atoms with Crippen LogP contribution >= 0.6 is 0 Å². The number of amides is 1. The summed E-state index contributed by atoms with van der Waals surface area (Å²) in [6.07, 6.45) is -0.789. The van der Waals surface area contributed by atoms with Crippen molar-refractivity contribution in [2.75, 3.05) is 0 Å². The SMILES string of the molecule is O=C1C=C(NC(=O)c2cc(OC(F)(F)F)ccc2Oc2ccc(F)cc2F)C=CC1. The van der Waals surface area contributed by atoms with E-state index in [4.69, 9.17) is 4.74 Å². The van der Waals surface area contributed by atoms with Gasteiger partial charge in [-0.3, -0.25) is 9.59 Å². The van der Waals surface area contributed by atoms with Crippen molar-refractivity contribution in [1.29, 1.82) is 0 Å². The zero-order valence-corrected chi connectivity index (χ0v) is 14.9. The molecule has 3 rings (SSSR count). The van der Waals surface area contributed by atoms with Crippen molar-refractivity contribution in [3.05, 3.63) is 77.5 Å². The summed E-state index contributed by atoms with van der Waals surface area (Å²) >= 11 is 0. The highest BCUT2D eigenvalue weighted by Crippen LogP contribution is 2.32. The maximum Gasteiger partial charge on any atom is 0.573 e. The van der Waals surface area contributed by atoms with Crippen LogP contribution in [-0.2, 0) is 4.79 Å². The van der Waals surface area contributed by atoms with E-state index in [-0.39, 0.29) is 23.7 Å². The largest absolute Gasteiger partial charge is 0.573 e. The van der Waals surface area contributed by atoms with Crippen LogP contribution in [-0.4, -0.2) is 18.1 Å². The van der Waals surface area contributed by atoms with Gasteiger partial charge in [0.25, 0.3) is 5.91 Å². The Balaban J connectivity index is 1.95. The Hall–Kier alpha value is -3.69. The van der Waals surface area contributed by atoms with Crippen LogP contribution in [0, 0.1) is 11.6 Å². The average molecular weight is 425 g/mol. The first-order valence-corrected chi connectivity index (χ1v) is 8.36. The van der Waals surface area contributed by atoms with Gasteiger partial charge in [-0.05, 0) is 36.4 Å². The van der Waals surface area contributed by atoms with Gasteiger partial charge < -0.3 is 14.8 Å². The lowest BCUT2D eigenvalue weighted by atomic mass is 10.1. The summed E-state index contributed by atoms with van der Waals surface area (Å²) < 4.78 is 73.6. The fourth-order valence-electron chi connectivity index (χ4n) is 2.51. The number of ketones is 1. The van der Waals surface area contributed by atoms with Crippen LogP contribution in [0.25, 0.3) is 0 Å². The van der Waals surface area contributed by atoms with Gasteiger partial charge in [0.2, 0.25) is 0 Å². The monoisotopic (exact) mass is 425 g/mol. The Morgan fingerprint density at radius 3 is 2.43 bits per heavy atom. The number of ether oxygens (including phenoxy) is 2. The maximum atomic E-state index is 13.9. The van der Waals surface area contributed by atoms with E-state index in [9.17, 15) is 31.5 Å². The summed E-state index contributed by atoms with van der Waals surface area (Å²) in [6.45, 7) is 0. The van der Waals surface area contributed by atoms with E-state index in [0.29, 0.717) is 6.07 Å². The first-order chi connectivity index (χ1) is 14.1. The van der Waals surface area contributed by atoms with Crippen LogP contribution in [0.1, 0.15) is 16.8 Å². The molecule has 0 saturated carbocycles. The molecule has 10 heteroatoms. The molecule has 5 nitrogen and oxygen atoms in total. The van der Waals surface area contributed by atoms with Gasteiger partial charge >= 0.3 is 6.36 Å². The number of rotatable bonds is 5. The van der Waals surface area contributed by atoms with Crippen LogP contribution in [0.4, 0.5) is 22.0 Å². The molecule has 30 heavy (non-hydrogen) atoms. The summed E-state index contributed by atoms with van der Waals surface area (Å²) in [7, 11) is 0. The second-order valence-electron chi connectivity index (χ2n) is 6.01. The summed E-state index contributed by atoms with van der Waals surface area (Å²) in [5, 5.41) is 2.35. The molecule has 0 fully saturated rings. The molecule has 2 aromatic carbocycles. The van der Waals surface area contributed by atoms with Gasteiger partial charge in [-0.25, -0.2) is 8.78 Å². The van der Waals surface area contributed by atoms with Crippen LogP contribution in [0.2, 0.25) is 0 Å². The van der Waals surface area contributed by atoms with Gasteiger partial charge in [0.05, 0.1) is 5.56 Å². The minimum Gasteiger partial charge on any atom is -0.453 e. The smallest absolute Gasteiger partial charge is 0.453 e. The highest BCUT2D eigenvalue weighted by molar-refractivity contribution is 6.00. The summed E-state index contributed by atoms with van der Waals surface area (Å²) in [6, 6.07) is 4.98. The molecule has 0 aromatic heterocycles. The number of alkyl halides is 3. The lowest BCUT2D eigenvalue weighted by Gasteiger charge is -2.15. The van der Waals surface area contributed by atoms with Crippen molar-refractivity contribution in [3.63, 3.8) is 0 Å². The molecule has 156 valence electrons. The van der Waals surface area contributed by atoms with Crippen molar-refractivity contribution in [2.24, 2.45) is 0 Å². The third-order valence-electron chi connectivity index (χ3n) is 3.73. The maximum absolute atomic E-state index is 13.9. The van der Waals surface area contributed by atoms with E-state index in [1.165, 1.54) is 12.2 Å². The molecule has 0 bridgehead atoms. The fraction of sp³-hybridized carbons (Fsp3) is 0.100. The Morgan fingerprint density at radius 2 is 1.77 bits per heavy atom. The van der Waals surface area contributed by atoms with E-state index in [1.54, 1.807) is 0 Å². The molecule has 2 aromatic rings. The standard InChI is InChI=1S/C20H12F5NO4/c21-11-4-6-18(16(22)8-11)29-17-7-5-14(30-20(23,24)25)10-15(17)19(28)26-12-2-1-3-13(27)9-12/h1-2,4-10H,3H2,(H,26,28). The van der Waals surface area contributed by atoms with Crippen molar-refractivity contribution in [1.82, 2.24) is 5.32 Å². The van der Waals surface area contributed by atoms with Crippen LogP contribution in [0.3, 0.4) is 0 Å². The molecule has 0 atom stereocenters. The third kappa shape index (κ3) is 5.43. The Morgan fingerprint density at radius 1 is 1.03 bits per heavy atom. The molecule has 0 saturated heterocycles. The third-order valence-corrected chi connectivity index (χ3v) is 3.73. The number of benzene rings is 2. The highest BCUT2D eigenvalue weighted by atomic mass is 19.4. The van der Waals surface area contributed by atoms with E-state index in [0.717, 1.165) is 36.4 Å². The summed E-state index contributed by atoms with van der Waals surface area (Å²) in [4.78, 5) is 24.1. The number of hydrogen-bond acceptors (Lipinski definition) is 4. The lowest BCUT2D eigenvalue weighted by molar-refractivity contribution is -0.274. The van der Waals surface area contributed by atoms with Crippen molar-refractivity contribution < 1.29 is 41.0 Å². The minimum absolute atomic E-state index is 0.109. The normalized spacial score (nSPS) is 13.6. The number of hydrogen-bond donors (Lipinski definition) is 1. The second-order valence-corrected chi connectivity index (χ2v) is 6.01. The van der Waals surface area contributed by atoms with E-state index in [2.05, 4.69) is 10.1 Å². The van der Waals surface area contributed by atoms with E-state index < -0.39 is 41.0 Å². The van der Waals surface area contributed by atoms with Crippen molar-refractivity contribution in [2.45, 2.75) is 12.8 Å². The summed E-state index contributed by atoms with van der Waals surface area (Å²) in [5.41, 5.74) is -0.329. The molecular formula is C20H12F5NO4. The number of carbonyl (C=O) groups excluding carboxylic acids is 2. The van der Waals surface area contributed by atoms with Crippen LogP contribution in [0.15, 0.2) is 60.3 Å². The fourth-order valence-corrected chi connectivity index (χ4v) is 2.51. The Labute approximate surface area is 166 Å². The van der Waals surface area contributed by atoms with Gasteiger partial charge in [-0.2, -0.15) is 0 Å². The molecule has 0 aliphatic heterocycles. The molecule has 0 radical (unpaired) electrons. The molecule has 1 N–H and O–H groups in total. The average Bonchev–Trinajstić information content (AvgIpc) is 2.64. The first-order valence-electron chi connectivity index (χ1n) is 8.36. The molecular weight excluding hydrogens is 413 g/mol. The van der Waals surface area contributed by atoms with Gasteiger partial charge in [-0.15, -0.1) is 13.2 Å². The number of carbonyl (C=O) groups is 2. The van der Waals surface area contributed by atoms with Gasteiger partial charge in [-0.1, -0.05) is 6.08 Å². The number of nitrogens with one attached hydrogen (secondary N) is 1. The van der Waals surface area contributed by atoms with Crippen molar-refractivity contribution >= 4 is 11.7 Å². The van der Waals surface area contributed by atoms with Gasteiger partial charge in [0.15, 0.2) is 17.3 Å². The molecule has 0 unspecified atom stereocenters.